The standard InChI is InChI=1S/C25H19F5S3/c1-12(2)15-5-7-17(31-15)19-11-14(21(33-19)18-8-6-16(32-18)13(3)4)20-22(26)25(29,30)23(9-10-23)24(20,27)28/h5-8,11H,1,3,9-10H2,2,4H3. The monoisotopic (exact) mass is 510 g/mol. The third-order valence-corrected chi connectivity index (χ3v) is 10.3. The van der Waals surface area contributed by atoms with E-state index in [2.05, 4.69) is 13.2 Å². The van der Waals surface area contributed by atoms with Crippen molar-refractivity contribution in [3.05, 3.63) is 64.6 Å². The van der Waals surface area contributed by atoms with E-state index in [9.17, 15) is 8.78 Å². The Kier molecular flexibility index (Phi) is 4.99. The van der Waals surface area contributed by atoms with Crippen LogP contribution in [0.3, 0.4) is 0 Å². The molecule has 0 saturated heterocycles. The molecule has 3 aromatic rings. The molecule has 3 aromatic heterocycles. The highest BCUT2D eigenvalue weighted by molar-refractivity contribution is 7.27. The molecule has 3 heterocycles. The van der Waals surface area contributed by atoms with E-state index in [0.29, 0.717) is 14.6 Å². The minimum atomic E-state index is -4.18. The minimum Gasteiger partial charge on any atom is -0.205 e. The molecule has 8 heteroatoms. The van der Waals surface area contributed by atoms with Crippen molar-refractivity contribution in [2.45, 2.75) is 38.5 Å². The fourth-order valence-corrected chi connectivity index (χ4v) is 7.49. The molecule has 2 aliphatic carbocycles. The molecule has 0 aliphatic heterocycles. The van der Waals surface area contributed by atoms with Gasteiger partial charge in [-0.3, -0.25) is 0 Å². The van der Waals surface area contributed by atoms with Crippen LogP contribution in [0.15, 0.2) is 49.3 Å². The Balaban J connectivity index is 1.73. The molecule has 172 valence electrons. The van der Waals surface area contributed by atoms with Crippen LogP contribution in [0.1, 0.15) is 42.0 Å². The predicted molar refractivity (Wildman–Crippen MR) is 130 cm³/mol. The maximum Gasteiger partial charge on any atom is 0.310 e. The topological polar surface area (TPSA) is 0 Å². The molecule has 2 aliphatic rings. The molecule has 0 unspecified atom stereocenters. The van der Waals surface area contributed by atoms with Gasteiger partial charge in [0.2, 0.25) is 0 Å². The van der Waals surface area contributed by atoms with Gasteiger partial charge in [0.15, 0.2) is 5.83 Å². The Hall–Kier alpha value is -2.03. The third-order valence-electron chi connectivity index (χ3n) is 6.28. The smallest absolute Gasteiger partial charge is 0.205 e. The Bertz CT molecular complexity index is 1340. The highest BCUT2D eigenvalue weighted by atomic mass is 32.1. The van der Waals surface area contributed by atoms with E-state index in [-0.39, 0.29) is 5.56 Å². The molecule has 0 aromatic carbocycles. The summed E-state index contributed by atoms with van der Waals surface area (Å²) in [4.78, 5) is 4.18. The molecule has 1 saturated carbocycles. The van der Waals surface area contributed by atoms with Crippen molar-refractivity contribution in [3.63, 3.8) is 0 Å². The fourth-order valence-electron chi connectivity index (χ4n) is 4.25. The summed E-state index contributed by atoms with van der Waals surface area (Å²) in [5.74, 6) is -10.1. The lowest BCUT2D eigenvalue weighted by Crippen LogP contribution is -2.38. The second-order valence-corrected chi connectivity index (χ2v) is 11.9. The van der Waals surface area contributed by atoms with Crippen LogP contribution < -0.4 is 0 Å². The van der Waals surface area contributed by atoms with E-state index < -0.39 is 41.5 Å². The number of hydrogen-bond donors (Lipinski definition) is 0. The van der Waals surface area contributed by atoms with Crippen molar-refractivity contribution in [2.75, 3.05) is 0 Å². The van der Waals surface area contributed by atoms with E-state index in [4.69, 9.17) is 0 Å². The summed E-state index contributed by atoms with van der Waals surface area (Å²) >= 11 is 3.96. The Morgan fingerprint density at radius 3 is 1.82 bits per heavy atom. The summed E-state index contributed by atoms with van der Waals surface area (Å²) < 4.78 is 75.4. The summed E-state index contributed by atoms with van der Waals surface area (Å²) in [6.45, 7) is 11.5. The van der Waals surface area contributed by atoms with Gasteiger partial charge in [-0.1, -0.05) is 13.2 Å². The molecule has 33 heavy (non-hydrogen) atoms. The average Bonchev–Trinajstić information content (AvgIpc) is 3.08. The number of hydrogen-bond acceptors (Lipinski definition) is 3. The highest BCUT2D eigenvalue weighted by Crippen LogP contribution is 2.76. The Morgan fingerprint density at radius 1 is 0.788 bits per heavy atom. The molecule has 0 radical (unpaired) electrons. The van der Waals surface area contributed by atoms with Gasteiger partial charge in [0.05, 0.1) is 10.5 Å². The van der Waals surface area contributed by atoms with Gasteiger partial charge in [0, 0.05) is 29.9 Å². The number of rotatable bonds is 5. The lowest BCUT2D eigenvalue weighted by atomic mass is 9.92. The van der Waals surface area contributed by atoms with Gasteiger partial charge in [0.25, 0.3) is 5.92 Å². The van der Waals surface area contributed by atoms with E-state index in [1.165, 1.54) is 40.1 Å². The molecule has 1 spiro atoms. The van der Waals surface area contributed by atoms with Crippen LogP contribution in [0.4, 0.5) is 22.0 Å². The van der Waals surface area contributed by atoms with Gasteiger partial charge in [-0.25, -0.2) is 13.2 Å². The van der Waals surface area contributed by atoms with Gasteiger partial charge in [-0.05, 0) is 68.2 Å². The van der Waals surface area contributed by atoms with Crippen molar-refractivity contribution < 1.29 is 22.0 Å². The minimum absolute atomic E-state index is 0.152. The maximum absolute atomic E-state index is 15.4. The molecule has 1 fully saturated rings. The maximum atomic E-state index is 15.4. The first-order valence-electron chi connectivity index (χ1n) is 10.2. The number of thiophene rings is 3. The predicted octanol–water partition coefficient (Wildman–Crippen LogP) is 10.0. The van der Waals surface area contributed by atoms with Gasteiger partial charge < -0.3 is 0 Å². The normalized spacial score (nSPS) is 20.0. The van der Waals surface area contributed by atoms with Crippen LogP contribution in [-0.4, -0.2) is 11.8 Å². The number of allylic oxidation sites excluding steroid dienone is 4. The second-order valence-electron chi connectivity index (χ2n) is 8.66. The molecular weight excluding hydrogens is 491 g/mol. The molecule has 0 nitrogen and oxygen atoms in total. The number of alkyl halides is 4. The summed E-state index contributed by atoms with van der Waals surface area (Å²) in [5, 5.41) is 0. The molecule has 0 atom stereocenters. The van der Waals surface area contributed by atoms with Crippen LogP contribution >= 0.6 is 34.0 Å². The first-order chi connectivity index (χ1) is 15.4. The van der Waals surface area contributed by atoms with Gasteiger partial charge >= 0.3 is 5.92 Å². The van der Waals surface area contributed by atoms with Gasteiger partial charge in [0.1, 0.15) is 5.41 Å². The van der Waals surface area contributed by atoms with Crippen molar-refractivity contribution >= 4 is 50.7 Å². The average molecular weight is 511 g/mol. The number of halogens is 5. The zero-order valence-corrected chi connectivity index (χ0v) is 20.3. The summed E-state index contributed by atoms with van der Waals surface area (Å²) in [7, 11) is 0. The van der Waals surface area contributed by atoms with Crippen molar-refractivity contribution in [1.82, 2.24) is 0 Å². The summed E-state index contributed by atoms with van der Waals surface area (Å²) in [5.41, 5.74) is -2.30. The van der Waals surface area contributed by atoms with E-state index in [0.717, 1.165) is 25.8 Å². The third kappa shape index (κ3) is 3.10. The van der Waals surface area contributed by atoms with E-state index >= 15 is 13.2 Å². The van der Waals surface area contributed by atoms with Crippen LogP contribution in [0.2, 0.25) is 0 Å². The summed E-state index contributed by atoms with van der Waals surface area (Å²) in [6, 6.07) is 8.72. The zero-order chi connectivity index (χ0) is 23.9. The fraction of sp³-hybridized carbons (Fsp3) is 0.280. The van der Waals surface area contributed by atoms with Crippen LogP contribution in [0.25, 0.3) is 36.2 Å². The van der Waals surface area contributed by atoms with Crippen molar-refractivity contribution in [1.29, 1.82) is 0 Å². The van der Waals surface area contributed by atoms with Crippen LogP contribution in [0.5, 0.6) is 0 Å². The largest absolute Gasteiger partial charge is 0.310 e. The van der Waals surface area contributed by atoms with Gasteiger partial charge in [-0.15, -0.1) is 34.0 Å². The van der Waals surface area contributed by atoms with Gasteiger partial charge in [-0.2, -0.15) is 8.78 Å². The second kappa shape index (κ2) is 7.23. The van der Waals surface area contributed by atoms with Crippen LogP contribution in [0, 0.1) is 5.41 Å². The van der Waals surface area contributed by atoms with E-state index in [1.54, 1.807) is 6.07 Å². The molecule has 0 amide bonds. The molecular formula is C25H19F5S3. The highest BCUT2D eigenvalue weighted by Gasteiger charge is 2.83. The van der Waals surface area contributed by atoms with Crippen LogP contribution in [-0.2, 0) is 0 Å². The first kappa shape index (κ1) is 22.7. The van der Waals surface area contributed by atoms with Crippen molar-refractivity contribution in [2.24, 2.45) is 5.41 Å². The zero-order valence-electron chi connectivity index (χ0n) is 17.8. The Labute approximate surface area is 200 Å². The molecule has 5 rings (SSSR count). The first-order valence-corrected chi connectivity index (χ1v) is 12.7. The molecule has 0 bridgehead atoms. The quantitative estimate of drug-likeness (QED) is 0.300. The summed E-state index contributed by atoms with van der Waals surface area (Å²) in [6.07, 6.45) is -0.802. The Morgan fingerprint density at radius 2 is 1.33 bits per heavy atom. The lowest BCUT2D eigenvalue weighted by molar-refractivity contribution is -0.128. The molecule has 0 N–H and O–H groups in total. The van der Waals surface area contributed by atoms with E-state index in [1.807, 2.05) is 32.0 Å². The van der Waals surface area contributed by atoms with Crippen molar-refractivity contribution in [3.8, 4) is 19.5 Å². The lowest BCUT2D eigenvalue weighted by Gasteiger charge is -2.24. The SMILES string of the molecule is C=C(C)c1ccc(-c2cc(C3=C(F)C(F)(F)C4(CC4)C3(F)F)c(-c3ccc(C(=C)C)s3)s2)s1.